The number of thiazole rings is 1. The molecule has 0 saturated carbocycles. The summed E-state index contributed by atoms with van der Waals surface area (Å²) in [7, 11) is -2.37. The Morgan fingerprint density at radius 3 is 2.17 bits per heavy atom. The molecule has 14 heteroatoms. The number of ether oxygens (including phenoxy) is 3. The van der Waals surface area contributed by atoms with Crippen molar-refractivity contribution in [1.29, 1.82) is 0 Å². The monoisotopic (exact) mass is 944 g/mol. The number of imidazole rings is 1. The number of benzene rings is 3. The van der Waals surface area contributed by atoms with E-state index in [-0.39, 0.29) is 23.3 Å². The van der Waals surface area contributed by atoms with Gasteiger partial charge in [0.05, 0.1) is 53.0 Å². The summed E-state index contributed by atoms with van der Waals surface area (Å²) in [5.41, 5.74) is 1.94. The molecule has 3 aromatic carbocycles. The Morgan fingerprint density at radius 2 is 1.55 bits per heavy atom. The van der Waals surface area contributed by atoms with Crippen LogP contribution in [0.2, 0.25) is 18.1 Å². The van der Waals surface area contributed by atoms with Crippen LogP contribution in [-0.4, -0.2) is 83.1 Å². The van der Waals surface area contributed by atoms with E-state index < -0.39 is 45.2 Å². The Kier molecular flexibility index (Phi) is 14.7. The van der Waals surface area contributed by atoms with Crippen molar-refractivity contribution in [3.8, 4) is 11.6 Å². The number of hydrogen-bond acceptors (Lipinski definition) is 10. The summed E-state index contributed by atoms with van der Waals surface area (Å²) in [5, 5.41) is 2.48. The van der Waals surface area contributed by atoms with Crippen molar-refractivity contribution in [1.82, 2.24) is 19.3 Å². The van der Waals surface area contributed by atoms with Crippen molar-refractivity contribution < 1.29 is 33.0 Å². The summed E-state index contributed by atoms with van der Waals surface area (Å²) < 4.78 is 26.5. The molecule has 4 heterocycles. The Morgan fingerprint density at radius 1 is 0.909 bits per heavy atom. The van der Waals surface area contributed by atoms with Crippen LogP contribution in [0.15, 0.2) is 122 Å². The number of esters is 1. The van der Waals surface area contributed by atoms with Crippen molar-refractivity contribution in [2.24, 2.45) is 11.8 Å². The third-order valence-electron chi connectivity index (χ3n) is 12.8. The number of pyridine rings is 1. The van der Waals surface area contributed by atoms with Gasteiger partial charge in [-0.1, -0.05) is 119 Å². The van der Waals surface area contributed by atoms with Gasteiger partial charge in [0.1, 0.15) is 23.5 Å². The summed E-state index contributed by atoms with van der Waals surface area (Å²) in [4.78, 5) is 56.7. The minimum atomic E-state index is -3.04. The number of hydrogen-bond donors (Lipinski definition) is 0. The number of carbonyl (C=O) groups is 3. The van der Waals surface area contributed by atoms with E-state index >= 15 is 9.59 Å². The van der Waals surface area contributed by atoms with Crippen molar-refractivity contribution in [3.63, 3.8) is 0 Å². The number of carbonyl (C=O) groups excluding carboxylic acids is 3. The number of amides is 1. The minimum Gasteiger partial charge on any atom is -0.493 e. The lowest BCUT2D eigenvalue weighted by Crippen LogP contribution is -2.68. The Hall–Kier alpha value is -5.59. The maximum absolute atomic E-state index is 15.2. The lowest BCUT2D eigenvalue weighted by Gasteiger charge is -2.53. The van der Waals surface area contributed by atoms with Gasteiger partial charge in [-0.3, -0.25) is 14.0 Å². The smallest absolute Gasteiger partial charge is 0.339 e. The lowest BCUT2D eigenvalue weighted by atomic mass is 9.75. The average Bonchev–Trinajstić information content (AvgIpc) is 3.90. The summed E-state index contributed by atoms with van der Waals surface area (Å²) in [6, 6.07) is 28.8. The van der Waals surface area contributed by atoms with Crippen molar-refractivity contribution in [2.45, 2.75) is 85.2 Å². The van der Waals surface area contributed by atoms with Crippen molar-refractivity contribution in [3.05, 3.63) is 144 Å². The fourth-order valence-electron chi connectivity index (χ4n) is 8.54. The number of ketones is 1. The molecular weight excluding hydrogens is 884 g/mol. The van der Waals surface area contributed by atoms with Gasteiger partial charge < -0.3 is 23.5 Å². The predicted molar refractivity (Wildman–Crippen MR) is 270 cm³/mol. The number of Topliss-reactive ketones (excluding diaryl/α,β-unsaturated/α-hetero) is 1. The molecule has 346 valence electrons. The number of β-lactam (4-membered cyclic amide) rings is 1. The van der Waals surface area contributed by atoms with Gasteiger partial charge in [0.25, 0.3) is 0 Å². The number of aromatic nitrogens is 3. The number of rotatable bonds is 19. The minimum absolute atomic E-state index is 0.0424. The average molecular weight is 945 g/mol. The van der Waals surface area contributed by atoms with E-state index in [9.17, 15) is 4.79 Å². The summed E-state index contributed by atoms with van der Waals surface area (Å²) in [6.45, 7) is 20.3. The zero-order chi connectivity index (χ0) is 47.4. The molecule has 1 amide bonds. The van der Waals surface area contributed by atoms with E-state index in [1.165, 1.54) is 11.3 Å². The van der Waals surface area contributed by atoms with Crippen LogP contribution in [0.5, 0.6) is 11.6 Å². The van der Waals surface area contributed by atoms with Crippen molar-refractivity contribution >= 4 is 70.9 Å². The number of nitrogens with zero attached hydrogens (tertiary/aromatic N) is 4. The summed E-state index contributed by atoms with van der Waals surface area (Å²) in [6.07, 6.45) is 6.67. The molecule has 3 aromatic heterocycles. The first-order chi connectivity index (χ1) is 31.6. The van der Waals surface area contributed by atoms with Crippen LogP contribution in [0.4, 0.5) is 0 Å². The van der Waals surface area contributed by atoms with E-state index in [0.717, 1.165) is 32.0 Å². The molecule has 4 atom stereocenters. The van der Waals surface area contributed by atoms with E-state index in [1.807, 2.05) is 105 Å². The zero-order valence-corrected chi connectivity index (χ0v) is 42.1. The Bertz CT molecular complexity index is 2700. The summed E-state index contributed by atoms with van der Waals surface area (Å²) in [5.74, 6) is 1.19. The molecule has 0 spiro atoms. The predicted octanol–water partition coefficient (Wildman–Crippen LogP) is 9.33. The molecule has 1 aliphatic rings. The Balaban J connectivity index is 1.38. The third-order valence-corrected chi connectivity index (χ3v) is 22.5. The normalized spacial score (nSPS) is 16.3. The van der Waals surface area contributed by atoms with Crippen LogP contribution >= 0.6 is 18.2 Å². The lowest BCUT2D eigenvalue weighted by molar-refractivity contribution is -0.155. The zero-order valence-electron chi connectivity index (χ0n) is 39.4. The van der Waals surface area contributed by atoms with Crippen molar-refractivity contribution in [2.75, 3.05) is 19.8 Å². The maximum atomic E-state index is 15.2. The van der Waals surface area contributed by atoms with Crippen LogP contribution in [0.1, 0.15) is 79.8 Å². The van der Waals surface area contributed by atoms with Crippen LogP contribution in [0.3, 0.4) is 0 Å². The fourth-order valence-corrected chi connectivity index (χ4v) is 15.1. The van der Waals surface area contributed by atoms with Gasteiger partial charge in [-0.2, -0.15) is 0 Å². The molecule has 0 bridgehead atoms. The molecule has 0 unspecified atom stereocenters. The third kappa shape index (κ3) is 9.36. The second kappa shape index (κ2) is 20.1. The molecule has 0 N–H and O–H groups in total. The highest BCUT2D eigenvalue weighted by Crippen LogP contribution is 2.49. The first-order valence-corrected chi connectivity index (χ1v) is 28.1. The van der Waals surface area contributed by atoms with Crippen LogP contribution in [0.25, 0.3) is 4.83 Å². The molecular formula is C52H61N4O7PSSi. The van der Waals surface area contributed by atoms with Crippen LogP contribution in [-0.2, 0) is 20.4 Å². The molecule has 0 aliphatic carbocycles. The largest absolute Gasteiger partial charge is 0.493 e. The van der Waals surface area contributed by atoms with Gasteiger partial charge in [-0.15, -0.1) is 11.3 Å². The number of fused-ring (bicyclic) bond motifs is 1. The van der Waals surface area contributed by atoms with E-state index in [0.29, 0.717) is 41.7 Å². The quantitative estimate of drug-likeness (QED) is 0.0195. The van der Waals surface area contributed by atoms with E-state index in [1.54, 1.807) is 29.6 Å². The van der Waals surface area contributed by atoms with Crippen LogP contribution < -0.4 is 25.4 Å². The molecule has 1 aliphatic heterocycles. The van der Waals surface area contributed by atoms with Gasteiger partial charge in [-0.25, -0.2) is 14.8 Å². The second-order valence-electron chi connectivity index (χ2n) is 18.0. The first kappa shape index (κ1) is 48.3. The standard InChI is InChI=1S/C52H61N4O7PSSi/c1-11-30-62-51(59)39-26-20-21-27-43(39)64(37-22-16-14-17-23-37,38-24-18-15-19-25-38)34-56-46(45(49(56)58)36(5)63-66(9,10)52(6,7)8)35(4)47(57)44-32-55-33-54-41(50(55)65-44)31-40-42(60-12-2)28-29-53-48(40)61-13-3/h11,14-29,32-36,45-46H,1,12-13,30-31H2,2-10H3/t35-,36-,45-,46-/m1/s1. The first-order valence-electron chi connectivity index (χ1n) is 22.5. The fraction of sp³-hybridized carbons (Fsp3) is 0.346. The Labute approximate surface area is 393 Å². The molecule has 1 saturated heterocycles. The molecule has 6 aromatic rings. The van der Waals surface area contributed by atoms with E-state index in [4.69, 9.17) is 23.6 Å². The second-order valence-corrected chi connectivity index (χ2v) is 27.0. The maximum Gasteiger partial charge on any atom is 0.339 e. The highest BCUT2D eigenvalue weighted by Gasteiger charge is 2.56. The molecule has 7 rings (SSSR count). The molecule has 0 radical (unpaired) electrons. The van der Waals surface area contributed by atoms with Gasteiger partial charge in [0.2, 0.25) is 11.8 Å². The van der Waals surface area contributed by atoms with Gasteiger partial charge >= 0.3 is 5.97 Å². The van der Waals surface area contributed by atoms with Gasteiger partial charge in [-0.05, 0) is 73.8 Å². The SMILES string of the molecule is C=CCOC(=O)c1ccccc1P(=CN1C(=O)[C@H]([C@@H](C)O[Si](C)(C)C(C)(C)C)[C@H]1[C@@H](C)C(=O)c1cn2cnc(Cc3c(OCC)ccnc3OCC)c2s1)(c1ccccc1)c1ccccc1. The number of likely N-dealkylation sites (tertiary alicyclic amines) is 1. The topological polar surface area (TPSA) is 122 Å². The summed E-state index contributed by atoms with van der Waals surface area (Å²) >= 11 is 1.38. The highest BCUT2D eigenvalue weighted by atomic mass is 32.1. The van der Waals surface area contributed by atoms with Crippen LogP contribution in [0, 0.1) is 11.8 Å². The highest BCUT2D eigenvalue weighted by molar-refractivity contribution is 7.94. The molecule has 11 nitrogen and oxygen atoms in total. The molecule has 66 heavy (non-hydrogen) atoms. The van der Waals surface area contributed by atoms with Gasteiger partial charge in [0, 0.05) is 30.7 Å². The van der Waals surface area contributed by atoms with Gasteiger partial charge in [0.15, 0.2) is 14.1 Å². The van der Waals surface area contributed by atoms with E-state index in [2.05, 4.69) is 69.7 Å². The molecule has 1 fully saturated rings.